The molecule has 0 unspecified atom stereocenters. The molecular weight excluding hydrogens is 296 g/mol. The Balaban J connectivity index is 0.000000306. The van der Waals surface area contributed by atoms with Crippen LogP contribution in [-0.4, -0.2) is 18.8 Å². The van der Waals surface area contributed by atoms with Gasteiger partial charge in [-0.15, -0.1) is 0 Å². The first-order chi connectivity index (χ1) is 7.91. The molecule has 0 aliphatic heterocycles. The van der Waals surface area contributed by atoms with Crippen LogP contribution in [-0.2, 0) is 27.2 Å². The summed E-state index contributed by atoms with van der Waals surface area (Å²) in [5.41, 5.74) is 0.796. The van der Waals surface area contributed by atoms with E-state index in [0.29, 0.717) is 0 Å². The molecule has 2 aromatic carbocycles. The predicted octanol–water partition coefficient (Wildman–Crippen LogP) is 2.26. The summed E-state index contributed by atoms with van der Waals surface area (Å²) in [6.07, 6.45) is 0. The summed E-state index contributed by atoms with van der Waals surface area (Å²) in [4.78, 5) is 10.5. The first-order valence-corrected chi connectivity index (χ1v) is 6.27. The van der Waals surface area contributed by atoms with Gasteiger partial charge in [-0.25, -0.2) is 20.6 Å². The average molecular weight is 308 g/mol. The molecule has 0 saturated carbocycles. The number of ketones is 1. The van der Waals surface area contributed by atoms with Gasteiger partial charge in [-0.2, -0.15) is 12.1 Å². The Morgan fingerprint density at radius 2 is 1.61 bits per heavy atom. The number of carbonyl (C=O) groups excluding carboxylic acids is 1. The van der Waals surface area contributed by atoms with E-state index in [1.165, 1.54) is 12.1 Å². The molecule has 18 heavy (non-hydrogen) atoms. The van der Waals surface area contributed by atoms with E-state index < -0.39 is 10.1 Å². The van der Waals surface area contributed by atoms with Gasteiger partial charge < -0.3 is 38.5 Å². The van der Waals surface area contributed by atoms with Gasteiger partial charge >= 0.3 is 0 Å². The van der Waals surface area contributed by atoms with Crippen LogP contribution in [0, 0.1) is 0 Å². The van der Waals surface area contributed by atoms with Crippen LogP contribution >= 0.6 is 0 Å². The monoisotopic (exact) mass is 308 g/mol. The zero-order valence-electron chi connectivity index (χ0n) is 9.55. The zero-order valence-corrected chi connectivity index (χ0v) is 11.5. The van der Waals surface area contributed by atoms with Crippen LogP contribution in [0.3, 0.4) is 0 Å². The van der Waals surface area contributed by atoms with Gasteiger partial charge in [0.15, 0.2) is 0 Å². The van der Waals surface area contributed by atoms with Crippen LogP contribution in [0.5, 0.6) is 0 Å². The molecule has 0 spiro atoms. The van der Waals surface area contributed by atoms with E-state index in [1.54, 1.807) is 19.1 Å². The van der Waals surface area contributed by atoms with Crippen molar-refractivity contribution in [2.75, 3.05) is 0 Å². The van der Waals surface area contributed by atoms with Crippen LogP contribution in [0.4, 0.5) is 0 Å². The summed E-state index contributed by atoms with van der Waals surface area (Å²) >= 11 is 0. The smallest absolute Gasteiger partial charge is 0.105 e. The van der Waals surface area contributed by atoms with E-state index in [9.17, 15) is 13.2 Å². The second kappa shape index (κ2) is 7.28. The molecule has 0 bridgehead atoms. The molecule has 0 fully saturated rings. The first kappa shape index (κ1) is 16.8. The Bertz CT molecular complexity index is 553. The molecule has 4 nitrogen and oxygen atoms in total. The van der Waals surface area contributed by atoms with Crippen LogP contribution in [0.15, 0.2) is 53.4 Å². The quantitative estimate of drug-likeness (QED) is 0.400. The van der Waals surface area contributed by atoms with Crippen molar-refractivity contribution in [3.05, 3.63) is 54.1 Å². The Morgan fingerprint density at radius 1 is 1.17 bits per heavy atom. The van der Waals surface area contributed by atoms with E-state index in [2.05, 4.69) is 0 Å². The van der Waals surface area contributed by atoms with Crippen molar-refractivity contribution in [1.82, 2.24) is 0 Å². The topological polar surface area (TPSA) is 71.4 Å². The van der Waals surface area contributed by atoms with Gasteiger partial charge in [-0.1, -0.05) is 5.56 Å². The number of rotatable bonds is 2. The largest absolute Gasteiger partial charge is 0.747 e. The van der Waals surface area contributed by atoms with Crippen LogP contribution in [0.25, 0.3) is 0 Å². The number of Topliss-reactive ketones (excluding diaryl/α,β-unsaturated/α-hetero) is 1. The third-order valence-corrected chi connectivity index (χ3v) is 2.87. The van der Waals surface area contributed by atoms with Crippen LogP contribution in [0.2, 0.25) is 0 Å². The van der Waals surface area contributed by atoms with Gasteiger partial charge in [-0.3, -0.25) is 0 Å². The van der Waals surface area contributed by atoms with Crippen molar-refractivity contribution in [3.8, 4) is 0 Å². The predicted molar refractivity (Wildman–Crippen MR) is 63.9 cm³/mol. The molecule has 0 aliphatic rings. The van der Waals surface area contributed by atoms with E-state index in [0.717, 1.165) is 5.56 Å². The van der Waals surface area contributed by atoms with Crippen LogP contribution in [0.1, 0.15) is 17.3 Å². The molecule has 0 amide bonds. The van der Waals surface area contributed by atoms with Gasteiger partial charge in [0, 0.05) is 17.1 Å². The van der Waals surface area contributed by atoms with Crippen molar-refractivity contribution < 1.29 is 34.8 Å². The van der Waals surface area contributed by atoms with Gasteiger partial charge in [0.1, 0.15) is 5.78 Å². The molecule has 1 N–H and O–H groups in total. The minimum Gasteiger partial charge on any atom is -0.747 e. The number of hydrogen-bond donors (Lipinski definition) is 1. The fourth-order valence-electron chi connectivity index (χ4n) is 1.14. The second-order valence-electron chi connectivity index (χ2n) is 3.33. The normalized spacial score (nSPS) is 9.89. The number of carbonyl (C=O) groups is 1. The first-order valence-electron chi connectivity index (χ1n) is 4.83. The van der Waals surface area contributed by atoms with Crippen molar-refractivity contribution in [2.45, 2.75) is 11.8 Å². The molecule has 0 saturated heterocycles. The van der Waals surface area contributed by atoms with Crippen molar-refractivity contribution >= 4 is 15.9 Å². The molecule has 2 aromatic rings. The molecule has 104 valence electrons. The molecule has 0 radical (unpaired) electrons. The maximum absolute atomic E-state index is 10.5. The van der Waals surface area contributed by atoms with E-state index in [-0.39, 0.29) is 27.7 Å². The van der Waals surface area contributed by atoms with Gasteiger partial charge in [0.05, 0.1) is 10.1 Å². The Hall–Kier alpha value is -1.20. The molecule has 0 aliphatic carbocycles. The summed E-state index contributed by atoms with van der Waals surface area (Å²) < 4.78 is 28.8. The third-order valence-electron chi connectivity index (χ3n) is 2.00. The fourth-order valence-corrected chi connectivity index (χ4v) is 1.64. The molecular formula is C12H12FeO4S-6. The van der Waals surface area contributed by atoms with E-state index in [4.69, 9.17) is 4.55 Å². The molecule has 0 atom stereocenters. The molecule has 0 heterocycles. The van der Waals surface area contributed by atoms with Gasteiger partial charge in [0.25, 0.3) is 0 Å². The van der Waals surface area contributed by atoms with Gasteiger partial charge in [-0.05, 0) is 6.92 Å². The maximum Gasteiger partial charge on any atom is 0.105 e. The number of hydrogen-bond acceptors (Lipinski definition) is 3. The van der Waals surface area contributed by atoms with Gasteiger partial charge in [0.2, 0.25) is 0 Å². The molecule has 0 aromatic heterocycles. The average Bonchev–Trinajstić information content (AvgIpc) is 2.92. The Labute approximate surface area is 117 Å². The summed E-state index contributed by atoms with van der Waals surface area (Å²) in [5.74, 6) is 0.134. The summed E-state index contributed by atoms with van der Waals surface area (Å²) in [7, 11) is -3.96. The van der Waals surface area contributed by atoms with E-state index >= 15 is 0 Å². The summed E-state index contributed by atoms with van der Waals surface area (Å²) in [5, 5.41) is 0. The van der Waals surface area contributed by atoms with E-state index in [1.807, 2.05) is 24.3 Å². The van der Waals surface area contributed by atoms with Crippen molar-refractivity contribution in [2.24, 2.45) is 0 Å². The second-order valence-corrected chi connectivity index (χ2v) is 4.75. The summed E-state index contributed by atoms with van der Waals surface area (Å²) in [6, 6.07) is 13.1. The SMILES string of the molecule is CC(=O)[c-]1cccc1.O=S(=O)(O)[c-]1[cH-][cH-][cH-][cH-]1.[Fe]. The third kappa shape index (κ3) is 5.42. The maximum atomic E-state index is 10.5. The fraction of sp³-hybridized carbons (Fsp3) is 0.0833. The zero-order chi connectivity index (χ0) is 12.9. The van der Waals surface area contributed by atoms with Crippen LogP contribution < -0.4 is 0 Å². The van der Waals surface area contributed by atoms with Crippen molar-refractivity contribution in [1.29, 1.82) is 0 Å². The summed E-state index contributed by atoms with van der Waals surface area (Å²) in [6.45, 7) is 1.56. The standard InChI is InChI=1S/C7H7O.C5H5O3S.Fe/c1-6(8)7-4-2-3-5-7;6-9(7,8)5-3-1-2-4-5;/h2-5H,1H3;1-4H,(H,6,7,8);/q-1;-5;. The molecule has 6 heteroatoms. The minimum atomic E-state index is -3.96. The Morgan fingerprint density at radius 3 is 1.83 bits per heavy atom. The minimum absolute atomic E-state index is 0. The Kier molecular flexibility index (Phi) is 6.80. The van der Waals surface area contributed by atoms with Crippen molar-refractivity contribution in [3.63, 3.8) is 0 Å². The molecule has 2 rings (SSSR count).